The highest BCUT2D eigenvalue weighted by Gasteiger charge is 2.14. The highest BCUT2D eigenvalue weighted by Crippen LogP contribution is 2.25. The first kappa shape index (κ1) is 16.6. The highest BCUT2D eigenvalue weighted by molar-refractivity contribution is 9.10. The lowest BCUT2D eigenvalue weighted by Crippen LogP contribution is -2.32. The van der Waals surface area contributed by atoms with Crippen molar-refractivity contribution in [3.05, 3.63) is 63.1 Å². The van der Waals surface area contributed by atoms with E-state index < -0.39 is 0 Å². The molecule has 0 fully saturated rings. The molecule has 0 aliphatic heterocycles. The van der Waals surface area contributed by atoms with E-state index in [0.29, 0.717) is 6.42 Å². The highest BCUT2D eigenvalue weighted by atomic mass is 79.9. The number of hydrogen-bond acceptors (Lipinski definition) is 2. The molecule has 22 heavy (non-hydrogen) atoms. The van der Waals surface area contributed by atoms with Crippen molar-refractivity contribution in [2.24, 2.45) is 0 Å². The van der Waals surface area contributed by atoms with Gasteiger partial charge in [-0.3, -0.25) is 4.79 Å². The lowest BCUT2D eigenvalue weighted by molar-refractivity contribution is -0.151. The van der Waals surface area contributed by atoms with Crippen LogP contribution < -0.4 is 4.84 Å². The summed E-state index contributed by atoms with van der Waals surface area (Å²) in [5, 5.41) is 1.31. The molecule has 0 heterocycles. The van der Waals surface area contributed by atoms with Gasteiger partial charge in [-0.05, 0) is 49.6 Å². The lowest BCUT2D eigenvalue weighted by Gasteiger charge is -2.21. The summed E-state index contributed by atoms with van der Waals surface area (Å²) in [5.74, 6) is 0.666. The number of benzene rings is 2. The first-order chi connectivity index (χ1) is 10.4. The molecule has 0 aromatic heterocycles. The molecule has 0 saturated heterocycles. The average Bonchev–Trinajstić information content (AvgIpc) is 2.45. The van der Waals surface area contributed by atoms with Gasteiger partial charge in [0.05, 0.1) is 6.42 Å². The standard InChI is InChI=1S/C18H20BrNO2/c1-12-9-13(2)18(14(3)10-12)22-20(4)17(21)11-15-5-7-16(19)8-6-15/h5-10H,11H2,1-4H3. The molecule has 0 radical (unpaired) electrons. The van der Waals surface area contributed by atoms with E-state index in [2.05, 4.69) is 28.1 Å². The normalized spacial score (nSPS) is 10.4. The van der Waals surface area contributed by atoms with E-state index in [4.69, 9.17) is 4.84 Å². The van der Waals surface area contributed by atoms with Gasteiger partial charge in [-0.1, -0.05) is 45.8 Å². The first-order valence-corrected chi connectivity index (χ1v) is 7.93. The van der Waals surface area contributed by atoms with Crippen LogP contribution in [0.5, 0.6) is 5.75 Å². The molecule has 3 nitrogen and oxygen atoms in total. The molecule has 0 aliphatic rings. The summed E-state index contributed by atoms with van der Waals surface area (Å²) in [6.07, 6.45) is 0.313. The quantitative estimate of drug-likeness (QED) is 0.756. The van der Waals surface area contributed by atoms with Gasteiger partial charge in [0.1, 0.15) is 0 Å². The zero-order valence-corrected chi connectivity index (χ0v) is 14.9. The predicted molar refractivity (Wildman–Crippen MR) is 91.9 cm³/mol. The van der Waals surface area contributed by atoms with Crippen molar-refractivity contribution in [1.29, 1.82) is 0 Å². The minimum absolute atomic E-state index is 0.0818. The van der Waals surface area contributed by atoms with Gasteiger partial charge in [-0.15, -0.1) is 0 Å². The Labute approximate surface area is 140 Å². The maximum Gasteiger partial charge on any atom is 0.259 e. The number of hydroxylamine groups is 2. The Morgan fingerprint density at radius 1 is 1.09 bits per heavy atom. The zero-order chi connectivity index (χ0) is 16.3. The Hall–Kier alpha value is -1.81. The number of rotatable bonds is 4. The van der Waals surface area contributed by atoms with Crippen LogP contribution in [-0.4, -0.2) is 18.0 Å². The van der Waals surface area contributed by atoms with Crippen molar-refractivity contribution in [2.45, 2.75) is 27.2 Å². The molecule has 4 heteroatoms. The Morgan fingerprint density at radius 2 is 1.64 bits per heavy atom. The third-order valence-electron chi connectivity index (χ3n) is 3.45. The molecule has 116 valence electrons. The third kappa shape index (κ3) is 4.10. The number of amides is 1. The maximum absolute atomic E-state index is 12.3. The molecule has 0 atom stereocenters. The largest absolute Gasteiger partial charge is 0.377 e. The fourth-order valence-corrected chi connectivity index (χ4v) is 2.65. The van der Waals surface area contributed by atoms with Crippen molar-refractivity contribution < 1.29 is 9.63 Å². The molecule has 0 bridgehead atoms. The summed E-state index contributed by atoms with van der Waals surface area (Å²) >= 11 is 3.39. The van der Waals surface area contributed by atoms with Crippen LogP contribution in [0.2, 0.25) is 0 Å². The minimum Gasteiger partial charge on any atom is -0.377 e. The number of aryl methyl sites for hydroxylation is 3. The van der Waals surface area contributed by atoms with Gasteiger partial charge >= 0.3 is 0 Å². The third-order valence-corrected chi connectivity index (χ3v) is 3.98. The van der Waals surface area contributed by atoms with Crippen LogP contribution in [-0.2, 0) is 11.2 Å². The van der Waals surface area contributed by atoms with Gasteiger partial charge in [0.25, 0.3) is 5.91 Å². The predicted octanol–water partition coefficient (Wildman–Crippen LogP) is 4.37. The Balaban J connectivity index is 2.07. The summed E-state index contributed by atoms with van der Waals surface area (Å²) in [6.45, 7) is 6.02. The SMILES string of the molecule is Cc1cc(C)c(ON(C)C(=O)Cc2ccc(Br)cc2)c(C)c1. The number of likely N-dealkylation sites (N-methyl/N-ethyl adjacent to an activating group) is 1. The van der Waals surface area contributed by atoms with Crippen LogP contribution in [0.3, 0.4) is 0 Å². The topological polar surface area (TPSA) is 29.5 Å². The Bertz CT molecular complexity index is 657. The molecular weight excluding hydrogens is 342 g/mol. The lowest BCUT2D eigenvalue weighted by atomic mass is 10.1. The first-order valence-electron chi connectivity index (χ1n) is 7.13. The summed E-state index contributed by atoms with van der Waals surface area (Å²) < 4.78 is 0.999. The molecular formula is C18H20BrNO2. The monoisotopic (exact) mass is 361 g/mol. The van der Waals surface area contributed by atoms with E-state index in [9.17, 15) is 4.79 Å². The van der Waals surface area contributed by atoms with Crippen LogP contribution in [0.4, 0.5) is 0 Å². The van der Waals surface area contributed by atoms with Crippen LogP contribution >= 0.6 is 15.9 Å². The molecule has 0 spiro atoms. The van der Waals surface area contributed by atoms with Crippen molar-refractivity contribution in [3.63, 3.8) is 0 Å². The second kappa shape index (κ2) is 6.97. The van der Waals surface area contributed by atoms with Gasteiger partial charge in [0, 0.05) is 11.5 Å². The molecule has 0 N–H and O–H groups in total. The fraction of sp³-hybridized carbons (Fsp3) is 0.278. The van der Waals surface area contributed by atoms with E-state index in [1.807, 2.05) is 45.0 Å². The molecule has 2 rings (SSSR count). The number of carbonyl (C=O) groups excluding carboxylic acids is 1. The maximum atomic E-state index is 12.3. The molecule has 0 unspecified atom stereocenters. The van der Waals surface area contributed by atoms with E-state index in [0.717, 1.165) is 26.9 Å². The fourth-order valence-electron chi connectivity index (χ4n) is 2.39. The average molecular weight is 362 g/mol. The van der Waals surface area contributed by atoms with E-state index in [-0.39, 0.29) is 5.91 Å². The van der Waals surface area contributed by atoms with Gasteiger partial charge in [-0.25, -0.2) is 0 Å². The van der Waals surface area contributed by atoms with Gasteiger partial charge in [0.2, 0.25) is 0 Å². The molecule has 0 saturated carbocycles. The molecule has 1 amide bonds. The van der Waals surface area contributed by atoms with Crippen molar-refractivity contribution in [3.8, 4) is 5.75 Å². The molecule has 0 aliphatic carbocycles. The second-order valence-electron chi connectivity index (χ2n) is 5.51. The summed E-state index contributed by atoms with van der Waals surface area (Å²) in [5.41, 5.74) is 4.20. The Kier molecular flexibility index (Phi) is 5.24. The molecule has 2 aromatic rings. The van der Waals surface area contributed by atoms with Crippen LogP contribution in [0, 0.1) is 20.8 Å². The Morgan fingerprint density at radius 3 is 2.18 bits per heavy atom. The van der Waals surface area contributed by atoms with Crippen LogP contribution in [0.25, 0.3) is 0 Å². The smallest absolute Gasteiger partial charge is 0.259 e. The van der Waals surface area contributed by atoms with Crippen molar-refractivity contribution in [1.82, 2.24) is 5.06 Å². The minimum atomic E-state index is -0.0818. The van der Waals surface area contributed by atoms with E-state index in [1.54, 1.807) is 7.05 Å². The molecule has 2 aromatic carbocycles. The van der Waals surface area contributed by atoms with Crippen molar-refractivity contribution >= 4 is 21.8 Å². The van der Waals surface area contributed by atoms with Crippen molar-refractivity contribution in [2.75, 3.05) is 7.05 Å². The number of nitrogens with zero attached hydrogens (tertiary/aromatic N) is 1. The van der Waals surface area contributed by atoms with Gasteiger partial charge < -0.3 is 4.84 Å². The van der Waals surface area contributed by atoms with E-state index >= 15 is 0 Å². The summed E-state index contributed by atoms with van der Waals surface area (Å²) in [4.78, 5) is 18.0. The second-order valence-corrected chi connectivity index (χ2v) is 6.43. The van der Waals surface area contributed by atoms with Gasteiger partial charge in [0.15, 0.2) is 5.75 Å². The number of hydrogen-bond donors (Lipinski definition) is 0. The van der Waals surface area contributed by atoms with E-state index in [1.165, 1.54) is 10.6 Å². The zero-order valence-electron chi connectivity index (χ0n) is 13.3. The van der Waals surface area contributed by atoms with Gasteiger partial charge in [-0.2, -0.15) is 5.06 Å². The summed E-state index contributed by atoms with van der Waals surface area (Å²) in [6, 6.07) is 11.8. The summed E-state index contributed by atoms with van der Waals surface area (Å²) in [7, 11) is 1.65. The van der Waals surface area contributed by atoms with Crippen LogP contribution in [0.15, 0.2) is 40.9 Å². The number of halogens is 1. The number of carbonyl (C=O) groups is 1. The van der Waals surface area contributed by atoms with Crippen LogP contribution in [0.1, 0.15) is 22.3 Å².